The molecule has 0 aromatic rings. The van der Waals surface area contributed by atoms with E-state index in [1.807, 2.05) is 0 Å². The number of nitrogens with zero attached hydrogens (tertiary/aromatic N) is 2. The first-order valence-corrected chi connectivity index (χ1v) is 4.13. The van der Waals surface area contributed by atoms with Crippen molar-refractivity contribution < 1.29 is 9.59 Å². The van der Waals surface area contributed by atoms with Crippen LogP contribution < -0.4 is 0 Å². The molecule has 4 heteroatoms. The van der Waals surface area contributed by atoms with Crippen LogP contribution in [0.1, 0.15) is 12.8 Å². The normalized spacial score (nSPS) is 16.3. The summed E-state index contributed by atoms with van der Waals surface area (Å²) in [6.07, 6.45) is 2.04. The molecule has 4 nitrogen and oxygen atoms in total. The smallest absolute Gasteiger partial charge is 0.312 e. The van der Waals surface area contributed by atoms with Gasteiger partial charge in [-0.05, 0) is 12.8 Å². The largest absolute Gasteiger partial charge is 0.341 e. The monoisotopic (exact) mass is 170 g/mol. The number of rotatable bonds is 0. The molecule has 1 saturated heterocycles. The van der Waals surface area contributed by atoms with Crippen LogP contribution in [0.25, 0.3) is 0 Å². The van der Waals surface area contributed by atoms with E-state index in [-0.39, 0.29) is 5.91 Å². The zero-order chi connectivity index (χ0) is 9.14. The van der Waals surface area contributed by atoms with Crippen molar-refractivity contribution in [2.24, 2.45) is 0 Å². The Hall–Kier alpha value is -1.06. The molecule has 0 unspecified atom stereocenters. The van der Waals surface area contributed by atoms with Gasteiger partial charge in [-0.3, -0.25) is 9.59 Å². The van der Waals surface area contributed by atoms with Crippen molar-refractivity contribution >= 4 is 11.8 Å². The molecule has 0 bridgehead atoms. The second-order valence-corrected chi connectivity index (χ2v) is 3.20. The van der Waals surface area contributed by atoms with Gasteiger partial charge in [0, 0.05) is 27.2 Å². The maximum Gasteiger partial charge on any atom is 0.312 e. The molecule has 0 aromatic carbocycles. The predicted molar refractivity (Wildman–Crippen MR) is 44.5 cm³/mol. The van der Waals surface area contributed by atoms with Crippen LogP contribution in [0, 0.1) is 0 Å². The van der Waals surface area contributed by atoms with Gasteiger partial charge in [-0.1, -0.05) is 0 Å². The number of hydrogen-bond acceptors (Lipinski definition) is 2. The van der Waals surface area contributed by atoms with E-state index in [2.05, 4.69) is 0 Å². The van der Waals surface area contributed by atoms with Gasteiger partial charge < -0.3 is 9.80 Å². The topological polar surface area (TPSA) is 40.6 Å². The summed E-state index contributed by atoms with van der Waals surface area (Å²) in [5.74, 6) is -0.783. The molecule has 1 rings (SSSR count). The second kappa shape index (κ2) is 3.56. The molecular formula is C8H14N2O2. The molecule has 0 saturated carbocycles. The Morgan fingerprint density at radius 3 is 2.08 bits per heavy atom. The van der Waals surface area contributed by atoms with Gasteiger partial charge in [0.25, 0.3) is 0 Å². The van der Waals surface area contributed by atoms with Crippen LogP contribution >= 0.6 is 0 Å². The number of likely N-dealkylation sites (tertiary alicyclic amines) is 1. The Morgan fingerprint density at radius 2 is 1.67 bits per heavy atom. The van der Waals surface area contributed by atoms with Crippen LogP contribution in [0.2, 0.25) is 0 Å². The summed E-state index contributed by atoms with van der Waals surface area (Å²) < 4.78 is 0. The Labute approximate surface area is 72.1 Å². The van der Waals surface area contributed by atoms with Gasteiger partial charge in [0.15, 0.2) is 0 Å². The molecule has 0 aliphatic carbocycles. The third-order valence-electron chi connectivity index (χ3n) is 1.98. The van der Waals surface area contributed by atoms with E-state index in [1.54, 1.807) is 19.0 Å². The lowest BCUT2D eigenvalue weighted by molar-refractivity contribution is -0.149. The van der Waals surface area contributed by atoms with Gasteiger partial charge >= 0.3 is 11.8 Å². The highest BCUT2D eigenvalue weighted by atomic mass is 16.2. The first-order chi connectivity index (χ1) is 5.63. The average molecular weight is 170 g/mol. The predicted octanol–water partition coefficient (Wildman–Crippen LogP) is -0.303. The maximum absolute atomic E-state index is 11.3. The van der Waals surface area contributed by atoms with E-state index in [9.17, 15) is 9.59 Å². The maximum atomic E-state index is 11.3. The minimum absolute atomic E-state index is 0.363. The number of carbonyl (C=O) groups is 2. The van der Waals surface area contributed by atoms with Crippen LogP contribution in [0.4, 0.5) is 0 Å². The molecule has 1 aliphatic rings. The van der Waals surface area contributed by atoms with E-state index >= 15 is 0 Å². The molecule has 0 spiro atoms. The Balaban J connectivity index is 2.51. The van der Waals surface area contributed by atoms with Gasteiger partial charge in [-0.15, -0.1) is 0 Å². The van der Waals surface area contributed by atoms with E-state index < -0.39 is 5.91 Å². The fourth-order valence-corrected chi connectivity index (χ4v) is 1.25. The van der Waals surface area contributed by atoms with Crippen molar-refractivity contribution in [2.45, 2.75) is 12.8 Å². The van der Waals surface area contributed by atoms with Crippen molar-refractivity contribution in [1.82, 2.24) is 9.80 Å². The molecule has 68 valence electrons. The molecular weight excluding hydrogens is 156 g/mol. The highest BCUT2D eigenvalue weighted by Gasteiger charge is 2.25. The average Bonchev–Trinajstić information content (AvgIpc) is 2.53. The lowest BCUT2D eigenvalue weighted by atomic mass is 10.4. The van der Waals surface area contributed by atoms with Gasteiger partial charge in [0.2, 0.25) is 0 Å². The second-order valence-electron chi connectivity index (χ2n) is 3.20. The molecule has 0 radical (unpaired) electrons. The van der Waals surface area contributed by atoms with E-state index in [4.69, 9.17) is 0 Å². The lowest BCUT2D eigenvalue weighted by Crippen LogP contribution is -2.40. The Bertz CT molecular complexity index is 195. The van der Waals surface area contributed by atoms with Crippen molar-refractivity contribution in [3.8, 4) is 0 Å². The number of amides is 2. The zero-order valence-electron chi connectivity index (χ0n) is 7.54. The van der Waals surface area contributed by atoms with Crippen LogP contribution in [0.5, 0.6) is 0 Å². The van der Waals surface area contributed by atoms with Gasteiger partial charge in [-0.25, -0.2) is 0 Å². The summed E-state index contributed by atoms with van der Waals surface area (Å²) in [4.78, 5) is 25.4. The number of carbonyl (C=O) groups excluding carboxylic acids is 2. The van der Waals surface area contributed by atoms with Gasteiger partial charge in [-0.2, -0.15) is 0 Å². The van der Waals surface area contributed by atoms with E-state index in [0.717, 1.165) is 25.9 Å². The van der Waals surface area contributed by atoms with Crippen LogP contribution in [0.15, 0.2) is 0 Å². The van der Waals surface area contributed by atoms with E-state index in [1.165, 1.54) is 4.90 Å². The quantitative estimate of drug-likeness (QED) is 0.468. The molecule has 0 atom stereocenters. The van der Waals surface area contributed by atoms with Gasteiger partial charge in [0.05, 0.1) is 0 Å². The standard InChI is InChI=1S/C8H14N2O2/c1-9(2)7(11)8(12)10-5-3-4-6-10/h3-6H2,1-2H3. The summed E-state index contributed by atoms with van der Waals surface area (Å²) in [6, 6.07) is 0. The van der Waals surface area contributed by atoms with Crippen LogP contribution in [-0.4, -0.2) is 48.8 Å². The molecule has 1 heterocycles. The SMILES string of the molecule is CN(C)C(=O)C(=O)N1CCCC1. The zero-order valence-corrected chi connectivity index (χ0v) is 7.54. The molecule has 0 N–H and O–H groups in total. The summed E-state index contributed by atoms with van der Waals surface area (Å²) >= 11 is 0. The fourth-order valence-electron chi connectivity index (χ4n) is 1.25. The number of likely N-dealkylation sites (N-methyl/N-ethyl adjacent to an activating group) is 1. The Morgan fingerprint density at radius 1 is 1.17 bits per heavy atom. The molecule has 1 aliphatic heterocycles. The highest BCUT2D eigenvalue weighted by Crippen LogP contribution is 2.07. The summed E-state index contributed by atoms with van der Waals surface area (Å²) in [5, 5.41) is 0. The molecule has 0 aromatic heterocycles. The molecule has 1 fully saturated rings. The highest BCUT2D eigenvalue weighted by molar-refractivity contribution is 6.34. The van der Waals surface area contributed by atoms with Crippen molar-refractivity contribution in [1.29, 1.82) is 0 Å². The molecule has 2 amide bonds. The minimum Gasteiger partial charge on any atom is -0.341 e. The third-order valence-corrected chi connectivity index (χ3v) is 1.98. The first kappa shape index (κ1) is 9.03. The van der Waals surface area contributed by atoms with Crippen LogP contribution in [0.3, 0.4) is 0 Å². The summed E-state index contributed by atoms with van der Waals surface area (Å²) in [5.41, 5.74) is 0. The third kappa shape index (κ3) is 1.75. The number of hydrogen-bond donors (Lipinski definition) is 0. The van der Waals surface area contributed by atoms with Crippen molar-refractivity contribution in [2.75, 3.05) is 27.2 Å². The van der Waals surface area contributed by atoms with Crippen molar-refractivity contribution in [3.05, 3.63) is 0 Å². The Kier molecular flexibility index (Phi) is 2.68. The summed E-state index contributed by atoms with van der Waals surface area (Å²) in [7, 11) is 3.19. The van der Waals surface area contributed by atoms with Gasteiger partial charge in [0.1, 0.15) is 0 Å². The lowest BCUT2D eigenvalue weighted by Gasteiger charge is -2.16. The minimum atomic E-state index is -0.420. The summed E-state index contributed by atoms with van der Waals surface area (Å²) in [6.45, 7) is 1.47. The van der Waals surface area contributed by atoms with Crippen LogP contribution in [-0.2, 0) is 9.59 Å². The first-order valence-electron chi connectivity index (χ1n) is 4.13. The molecule has 12 heavy (non-hydrogen) atoms. The fraction of sp³-hybridized carbons (Fsp3) is 0.750. The van der Waals surface area contributed by atoms with E-state index in [0.29, 0.717) is 0 Å². The van der Waals surface area contributed by atoms with Crippen molar-refractivity contribution in [3.63, 3.8) is 0 Å².